The van der Waals surface area contributed by atoms with Crippen molar-refractivity contribution >= 4 is 45.3 Å². The number of ether oxygens (including phenoxy) is 2. The third-order valence-electron chi connectivity index (χ3n) is 16.5. The molecule has 0 amide bonds. The van der Waals surface area contributed by atoms with E-state index in [1.54, 1.807) is 14.2 Å². The highest BCUT2D eigenvalue weighted by molar-refractivity contribution is 5.94. The van der Waals surface area contributed by atoms with Gasteiger partial charge in [0.2, 0.25) is 11.9 Å². The number of benzene rings is 2. The monoisotopic (exact) mass is 1040 g/mol. The molecule has 0 radical (unpaired) electrons. The molecule has 16 heteroatoms. The number of hydrogen-bond donors (Lipinski definition) is 2. The molecule has 8 heterocycles. The minimum atomic E-state index is -0.692. The molecule has 0 spiro atoms. The van der Waals surface area contributed by atoms with E-state index in [0.717, 1.165) is 172 Å². The van der Waals surface area contributed by atoms with Crippen molar-refractivity contribution in [2.24, 2.45) is 0 Å². The van der Waals surface area contributed by atoms with Gasteiger partial charge in [-0.1, -0.05) is 23.7 Å². The normalized spacial score (nSPS) is 21.6. The lowest BCUT2D eigenvalue weighted by Gasteiger charge is -2.35. The predicted octanol–water partition coefficient (Wildman–Crippen LogP) is 9.40. The van der Waals surface area contributed by atoms with Gasteiger partial charge in [0.05, 0.1) is 36.4 Å². The maximum atomic E-state index is 13.5. The number of halogens is 2. The highest BCUT2D eigenvalue weighted by Crippen LogP contribution is 2.35. The summed E-state index contributed by atoms with van der Waals surface area (Å²) in [5, 5.41) is 9.53. The molecule has 4 aromatic rings. The van der Waals surface area contributed by atoms with Crippen LogP contribution in [0.3, 0.4) is 0 Å². The van der Waals surface area contributed by atoms with E-state index in [1.807, 2.05) is 12.1 Å². The Balaban J connectivity index is 0.000000186. The van der Waals surface area contributed by atoms with E-state index in [1.165, 1.54) is 38.5 Å². The van der Waals surface area contributed by atoms with Crippen LogP contribution < -0.4 is 29.9 Å². The average molecular weight is 1050 g/mol. The quantitative estimate of drug-likeness (QED) is 0.117. The van der Waals surface area contributed by atoms with Crippen LogP contribution in [0.5, 0.6) is 11.5 Å². The van der Waals surface area contributed by atoms with Gasteiger partial charge >= 0.3 is 0 Å². The zero-order chi connectivity index (χ0) is 53.0. The molecule has 0 aliphatic carbocycles. The summed E-state index contributed by atoms with van der Waals surface area (Å²) in [4.78, 5) is 34.2. The molecule has 2 aromatic carbocycles. The number of anilines is 4. The van der Waals surface area contributed by atoms with Crippen molar-refractivity contribution in [3.63, 3.8) is 0 Å². The molecule has 14 nitrogen and oxygen atoms in total. The van der Waals surface area contributed by atoms with Crippen LogP contribution in [0, 0.1) is 23.7 Å². The first-order valence-corrected chi connectivity index (χ1v) is 29.0. The summed E-state index contributed by atoms with van der Waals surface area (Å²) in [6.45, 7) is 21.8. The lowest BCUT2D eigenvalue weighted by Crippen LogP contribution is -2.42. The fourth-order valence-electron chi connectivity index (χ4n) is 11.7. The molecule has 0 saturated carbocycles. The number of piperidine rings is 4. The number of methoxy groups -OCH3 is 2. The number of aromatic nitrogens is 4. The summed E-state index contributed by atoms with van der Waals surface area (Å²) in [5.74, 6) is 18.1. The van der Waals surface area contributed by atoms with E-state index in [9.17, 15) is 8.78 Å². The summed E-state index contributed by atoms with van der Waals surface area (Å²) < 4.78 is 38.5. The Bertz CT molecular complexity index is 2470. The lowest BCUT2D eigenvalue weighted by molar-refractivity contribution is 0.177. The first kappa shape index (κ1) is 55.5. The van der Waals surface area contributed by atoms with Crippen LogP contribution in [0.1, 0.15) is 129 Å². The molecular weight excluding hydrogens is 959 g/mol. The Hall–Kier alpha value is -5.26. The van der Waals surface area contributed by atoms with Crippen LogP contribution in [0.2, 0.25) is 0 Å². The predicted molar refractivity (Wildman–Crippen MR) is 306 cm³/mol. The first-order valence-electron chi connectivity index (χ1n) is 29.0. The second-order valence-electron chi connectivity index (χ2n) is 22.6. The molecule has 0 unspecified atom stereocenters. The van der Waals surface area contributed by atoms with Crippen molar-refractivity contribution in [3.8, 4) is 35.2 Å². The Morgan fingerprint density at radius 2 is 0.921 bits per heavy atom. The smallest absolute Gasteiger partial charge is 0.227 e. The molecule has 10 rings (SSSR count). The molecular formula is C60H86F2N12O2. The van der Waals surface area contributed by atoms with Gasteiger partial charge in [-0.05, 0) is 129 Å². The summed E-state index contributed by atoms with van der Waals surface area (Å²) in [5.41, 5.74) is 3.47. The van der Waals surface area contributed by atoms with Crippen LogP contribution in [0.15, 0.2) is 24.3 Å². The van der Waals surface area contributed by atoms with E-state index >= 15 is 0 Å². The summed E-state index contributed by atoms with van der Waals surface area (Å²) in [6.07, 6.45) is 13.0. The molecule has 6 aliphatic heterocycles. The van der Waals surface area contributed by atoms with Crippen LogP contribution in [0.4, 0.5) is 32.3 Å². The van der Waals surface area contributed by atoms with Crippen LogP contribution >= 0.6 is 0 Å². The van der Waals surface area contributed by atoms with Gasteiger partial charge in [0.25, 0.3) is 0 Å². The summed E-state index contributed by atoms with van der Waals surface area (Å²) in [7, 11) is 3.38. The number of nitrogens with zero attached hydrogens (tertiary/aromatic N) is 10. The van der Waals surface area contributed by atoms with Gasteiger partial charge in [-0.15, -0.1) is 0 Å². The molecule has 6 aliphatic rings. The van der Waals surface area contributed by atoms with E-state index in [2.05, 4.69) is 104 Å². The highest BCUT2D eigenvalue weighted by Gasteiger charge is 2.27. The average Bonchev–Trinajstić information content (AvgIpc) is 4.07. The van der Waals surface area contributed by atoms with Crippen molar-refractivity contribution in [2.45, 2.75) is 154 Å². The van der Waals surface area contributed by atoms with Crippen LogP contribution in [0.25, 0.3) is 21.8 Å². The first-order chi connectivity index (χ1) is 37.0. The van der Waals surface area contributed by atoms with E-state index in [4.69, 9.17) is 29.4 Å². The molecule has 2 atom stereocenters. The Kier molecular flexibility index (Phi) is 19.6. The van der Waals surface area contributed by atoms with Crippen molar-refractivity contribution < 1.29 is 18.3 Å². The molecule has 6 fully saturated rings. The standard InChI is InChI=1S/2C30H43FN6O/c2*1-22(2)36-17-11-25(12-18-36)32-29-26-20-28(38-3)23(9-5-8-13-35-16-10-24(31)21-35)19-27(26)33-30(34-29)37-14-6-4-7-15-37/h2*19-20,22,24-25H,4,6-8,10-18,21H2,1-3H3,(H,32,33,34)/t2*24-/m00/s1. The summed E-state index contributed by atoms with van der Waals surface area (Å²) >= 11 is 0. The maximum absolute atomic E-state index is 13.5. The maximum Gasteiger partial charge on any atom is 0.227 e. The molecule has 6 saturated heterocycles. The number of alkyl halides is 2. The van der Waals surface area contributed by atoms with Gasteiger partial charge in [0.1, 0.15) is 35.5 Å². The van der Waals surface area contributed by atoms with E-state index in [0.29, 0.717) is 62.9 Å². The molecule has 2 N–H and O–H groups in total. The minimum absolute atomic E-state index is 0.386. The second-order valence-corrected chi connectivity index (χ2v) is 22.6. The summed E-state index contributed by atoms with van der Waals surface area (Å²) in [6, 6.07) is 10.1. The van der Waals surface area contributed by atoms with Crippen LogP contribution in [-0.2, 0) is 0 Å². The lowest BCUT2D eigenvalue weighted by atomic mass is 10.0. The highest BCUT2D eigenvalue weighted by atomic mass is 19.1. The van der Waals surface area contributed by atoms with E-state index in [-0.39, 0.29) is 0 Å². The molecule has 412 valence electrons. The fraction of sp³-hybridized carbons (Fsp3) is 0.667. The van der Waals surface area contributed by atoms with Gasteiger partial charge in [-0.3, -0.25) is 9.80 Å². The SMILES string of the molecule is COc1cc2c(NC3CCN(C(C)C)CC3)nc(N3CCCCC3)nc2cc1C#CCCN1CC[C@H](F)C1.COc1cc2c(NC3CCN(C(C)C)CC3)nc(N3CCCCC3)nc2cc1C#CCCN1CC[C@H](F)C1. The Labute approximate surface area is 452 Å². The van der Waals surface area contributed by atoms with Crippen molar-refractivity contribution in [1.82, 2.24) is 39.5 Å². The zero-order valence-electron chi connectivity index (χ0n) is 46.6. The number of hydrogen-bond acceptors (Lipinski definition) is 14. The molecule has 2 aromatic heterocycles. The Morgan fingerprint density at radius 3 is 1.26 bits per heavy atom. The largest absolute Gasteiger partial charge is 0.495 e. The minimum Gasteiger partial charge on any atom is -0.495 e. The molecule has 76 heavy (non-hydrogen) atoms. The van der Waals surface area contributed by atoms with Gasteiger partial charge in [0, 0.05) is 139 Å². The second kappa shape index (κ2) is 26.9. The van der Waals surface area contributed by atoms with Crippen molar-refractivity contribution in [3.05, 3.63) is 35.4 Å². The number of rotatable bonds is 14. The third kappa shape index (κ3) is 14.6. The van der Waals surface area contributed by atoms with Gasteiger partial charge < -0.3 is 39.7 Å². The fourth-order valence-corrected chi connectivity index (χ4v) is 11.7. The molecule has 0 bridgehead atoms. The number of nitrogens with one attached hydrogen (secondary N) is 2. The van der Waals surface area contributed by atoms with Gasteiger partial charge in [-0.25, -0.2) is 18.7 Å². The van der Waals surface area contributed by atoms with E-state index < -0.39 is 12.3 Å². The number of fused-ring (bicyclic) bond motifs is 2. The van der Waals surface area contributed by atoms with Crippen molar-refractivity contribution in [1.29, 1.82) is 0 Å². The topological polar surface area (TPSA) is 114 Å². The van der Waals surface area contributed by atoms with Gasteiger partial charge in [0.15, 0.2) is 0 Å². The van der Waals surface area contributed by atoms with Gasteiger partial charge in [-0.2, -0.15) is 9.97 Å². The number of likely N-dealkylation sites (tertiary alicyclic amines) is 4. The zero-order valence-corrected chi connectivity index (χ0v) is 46.6. The van der Waals surface area contributed by atoms with Crippen LogP contribution in [-0.4, -0.2) is 182 Å². The third-order valence-corrected chi connectivity index (χ3v) is 16.5. The van der Waals surface area contributed by atoms with Crippen molar-refractivity contribution in [2.75, 3.05) is 126 Å². The Morgan fingerprint density at radius 1 is 0.526 bits per heavy atom.